The molecular formula is C19H17BrN4O4. The lowest BCUT2D eigenvalue weighted by Crippen LogP contribution is -2.19. The second-order valence-corrected chi connectivity index (χ2v) is 6.66. The van der Waals surface area contributed by atoms with Crippen molar-refractivity contribution in [2.45, 2.75) is 0 Å². The molecular weight excluding hydrogens is 428 g/mol. The van der Waals surface area contributed by atoms with Gasteiger partial charge in [0, 0.05) is 16.1 Å². The van der Waals surface area contributed by atoms with E-state index in [1.807, 2.05) is 24.3 Å². The Kier molecular flexibility index (Phi) is 5.65. The lowest BCUT2D eigenvalue weighted by atomic mass is 10.1. The number of carbonyl (C=O) groups excluding carboxylic acids is 2. The summed E-state index contributed by atoms with van der Waals surface area (Å²) in [5, 5.41) is 9.51. The molecule has 144 valence electrons. The van der Waals surface area contributed by atoms with Crippen molar-refractivity contribution in [3.63, 3.8) is 0 Å². The molecule has 1 aromatic heterocycles. The molecule has 1 heterocycles. The molecule has 0 aliphatic rings. The first kappa shape index (κ1) is 19.4. The normalized spacial score (nSPS) is 10.4. The Morgan fingerprint density at radius 2 is 1.71 bits per heavy atom. The lowest BCUT2D eigenvalue weighted by molar-refractivity contribution is 0.100. The number of benzene rings is 2. The van der Waals surface area contributed by atoms with E-state index >= 15 is 0 Å². The van der Waals surface area contributed by atoms with Crippen LogP contribution in [0.2, 0.25) is 0 Å². The minimum absolute atomic E-state index is 0.0960. The molecule has 0 fully saturated rings. The van der Waals surface area contributed by atoms with Crippen molar-refractivity contribution in [2.75, 3.05) is 19.5 Å². The fourth-order valence-corrected chi connectivity index (χ4v) is 2.85. The number of aromatic nitrogens is 2. The van der Waals surface area contributed by atoms with Gasteiger partial charge in [-0.3, -0.25) is 14.7 Å². The number of primary amides is 1. The average molecular weight is 445 g/mol. The molecule has 2 aromatic carbocycles. The molecule has 0 saturated carbocycles. The van der Waals surface area contributed by atoms with Crippen molar-refractivity contribution in [1.82, 2.24) is 10.2 Å². The van der Waals surface area contributed by atoms with Crippen LogP contribution in [0, 0.1) is 0 Å². The summed E-state index contributed by atoms with van der Waals surface area (Å²) in [4.78, 5) is 24.4. The Labute approximate surface area is 169 Å². The van der Waals surface area contributed by atoms with Crippen LogP contribution < -0.4 is 20.5 Å². The van der Waals surface area contributed by atoms with Crippen molar-refractivity contribution < 1.29 is 19.1 Å². The van der Waals surface area contributed by atoms with Gasteiger partial charge in [-0.15, -0.1) is 0 Å². The van der Waals surface area contributed by atoms with Crippen molar-refractivity contribution in [2.24, 2.45) is 5.73 Å². The van der Waals surface area contributed by atoms with Crippen LogP contribution in [-0.4, -0.2) is 36.2 Å². The monoisotopic (exact) mass is 444 g/mol. The molecule has 0 aliphatic carbocycles. The summed E-state index contributed by atoms with van der Waals surface area (Å²) in [6.45, 7) is 0. The smallest absolute Gasteiger partial charge is 0.273 e. The van der Waals surface area contributed by atoms with E-state index in [1.165, 1.54) is 26.4 Å². The maximum Gasteiger partial charge on any atom is 0.273 e. The molecule has 28 heavy (non-hydrogen) atoms. The first-order valence-corrected chi connectivity index (χ1v) is 8.90. The SMILES string of the molecule is COc1cc(NC(=O)c2cc(-c3ccc(Br)cc3)n[nH]2)c(C(N)=O)cc1OC. The number of amides is 2. The molecule has 3 aromatic rings. The van der Waals surface area contributed by atoms with E-state index < -0.39 is 11.8 Å². The van der Waals surface area contributed by atoms with E-state index in [0.29, 0.717) is 17.2 Å². The van der Waals surface area contributed by atoms with Crippen molar-refractivity contribution in [3.8, 4) is 22.8 Å². The first-order valence-electron chi connectivity index (χ1n) is 8.11. The third kappa shape index (κ3) is 3.99. The highest BCUT2D eigenvalue weighted by atomic mass is 79.9. The molecule has 3 rings (SSSR count). The number of rotatable bonds is 6. The molecule has 0 unspecified atom stereocenters. The summed E-state index contributed by atoms with van der Waals surface area (Å²) in [5.74, 6) is -0.515. The fraction of sp³-hybridized carbons (Fsp3) is 0.105. The van der Waals surface area contributed by atoms with Crippen molar-refractivity contribution >= 4 is 33.4 Å². The van der Waals surface area contributed by atoms with Gasteiger partial charge in [0.2, 0.25) is 0 Å². The second-order valence-electron chi connectivity index (χ2n) is 5.74. The molecule has 0 atom stereocenters. The van der Waals surface area contributed by atoms with Crippen LogP contribution in [0.15, 0.2) is 46.9 Å². The van der Waals surface area contributed by atoms with Gasteiger partial charge in [0.1, 0.15) is 5.69 Å². The molecule has 9 heteroatoms. The van der Waals surface area contributed by atoms with Crippen LogP contribution in [0.25, 0.3) is 11.3 Å². The van der Waals surface area contributed by atoms with E-state index in [2.05, 4.69) is 31.4 Å². The minimum Gasteiger partial charge on any atom is -0.493 e. The highest BCUT2D eigenvalue weighted by molar-refractivity contribution is 9.10. The van der Waals surface area contributed by atoms with E-state index in [1.54, 1.807) is 6.07 Å². The Balaban J connectivity index is 1.89. The van der Waals surface area contributed by atoms with Gasteiger partial charge in [-0.05, 0) is 24.3 Å². The van der Waals surface area contributed by atoms with Crippen LogP contribution in [0.1, 0.15) is 20.8 Å². The van der Waals surface area contributed by atoms with Gasteiger partial charge in [0.25, 0.3) is 11.8 Å². The van der Waals surface area contributed by atoms with Gasteiger partial charge in [0.15, 0.2) is 11.5 Å². The van der Waals surface area contributed by atoms with Crippen LogP contribution in [0.5, 0.6) is 11.5 Å². The van der Waals surface area contributed by atoms with Crippen LogP contribution in [-0.2, 0) is 0 Å². The zero-order chi connectivity index (χ0) is 20.3. The Hall–Kier alpha value is -3.33. The molecule has 0 radical (unpaired) electrons. The van der Waals surface area contributed by atoms with Gasteiger partial charge in [-0.25, -0.2) is 0 Å². The largest absolute Gasteiger partial charge is 0.493 e. The number of aromatic amines is 1. The fourth-order valence-electron chi connectivity index (χ4n) is 2.58. The van der Waals surface area contributed by atoms with Crippen molar-refractivity contribution in [3.05, 3.63) is 58.2 Å². The summed E-state index contributed by atoms with van der Waals surface area (Å²) in [6.07, 6.45) is 0. The van der Waals surface area contributed by atoms with Gasteiger partial charge < -0.3 is 20.5 Å². The van der Waals surface area contributed by atoms with Gasteiger partial charge in [0.05, 0.1) is 31.2 Å². The number of anilines is 1. The standard InChI is InChI=1S/C19H17BrN4O4/c1-27-16-7-12(18(21)25)14(9-17(16)28-2)22-19(26)15-8-13(23-24-15)10-3-5-11(20)6-4-10/h3-9H,1-2H3,(H2,21,25)(H,22,26)(H,23,24). The number of nitrogens with zero attached hydrogens (tertiary/aromatic N) is 1. The topological polar surface area (TPSA) is 119 Å². The number of carbonyl (C=O) groups is 2. The molecule has 0 aliphatic heterocycles. The number of nitrogens with one attached hydrogen (secondary N) is 2. The molecule has 8 nitrogen and oxygen atoms in total. The van der Waals surface area contributed by atoms with Crippen LogP contribution in [0.3, 0.4) is 0 Å². The summed E-state index contributed by atoms with van der Waals surface area (Å²) in [6, 6.07) is 12.0. The number of H-pyrrole nitrogens is 1. The van der Waals surface area contributed by atoms with Crippen molar-refractivity contribution in [1.29, 1.82) is 0 Å². The Morgan fingerprint density at radius 3 is 2.32 bits per heavy atom. The molecule has 2 amide bonds. The van der Waals surface area contributed by atoms with E-state index in [-0.39, 0.29) is 16.9 Å². The third-order valence-electron chi connectivity index (χ3n) is 4.00. The van der Waals surface area contributed by atoms with E-state index in [4.69, 9.17) is 15.2 Å². The molecule has 0 bridgehead atoms. The minimum atomic E-state index is -0.712. The van der Waals surface area contributed by atoms with Gasteiger partial charge in [-0.1, -0.05) is 28.1 Å². The summed E-state index contributed by atoms with van der Waals surface area (Å²) >= 11 is 3.37. The van der Waals surface area contributed by atoms with E-state index in [0.717, 1.165) is 10.0 Å². The van der Waals surface area contributed by atoms with Gasteiger partial charge in [-0.2, -0.15) is 5.10 Å². The Bertz CT molecular complexity index is 1030. The van der Waals surface area contributed by atoms with Crippen LogP contribution in [0.4, 0.5) is 5.69 Å². The van der Waals surface area contributed by atoms with Gasteiger partial charge >= 0.3 is 0 Å². The summed E-state index contributed by atoms with van der Waals surface area (Å²) in [7, 11) is 2.89. The maximum atomic E-state index is 12.6. The number of methoxy groups -OCH3 is 2. The Morgan fingerprint density at radius 1 is 1.07 bits per heavy atom. The quantitative estimate of drug-likeness (QED) is 0.539. The average Bonchev–Trinajstić information content (AvgIpc) is 3.18. The number of halogens is 1. The van der Waals surface area contributed by atoms with Crippen LogP contribution >= 0.6 is 15.9 Å². The first-order chi connectivity index (χ1) is 13.4. The predicted octanol–water partition coefficient (Wildman–Crippen LogP) is 3.21. The lowest BCUT2D eigenvalue weighted by Gasteiger charge is -2.13. The second kappa shape index (κ2) is 8.13. The number of hydrogen-bond donors (Lipinski definition) is 3. The summed E-state index contributed by atoms with van der Waals surface area (Å²) < 4.78 is 11.3. The highest BCUT2D eigenvalue weighted by Crippen LogP contribution is 2.33. The summed E-state index contributed by atoms with van der Waals surface area (Å²) in [5.41, 5.74) is 7.41. The number of ether oxygens (including phenoxy) is 2. The molecule has 0 spiro atoms. The highest BCUT2D eigenvalue weighted by Gasteiger charge is 2.18. The zero-order valence-corrected chi connectivity index (χ0v) is 16.7. The van der Waals surface area contributed by atoms with E-state index in [9.17, 15) is 9.59 Å². The maximum absolute atomic E-state index is 12.6. The molecule has 0 saturated heterocycles. The number of hydrogen-bond acceptors (Lipinski definition) is 5. The predicted molar refractivity (Wildman–Crippen MR) is 108 cm³/mol. The zero-order valence-electron chi connectivity index (χ0n) is 15.1. The molecule has 4 N–H and O–H groups in total. The number of nitrogens with two attached hydrogens (primary N) is 1. The third-order valence-corrected chi connectivity index (χ3v) is 4.53.